The zero-order valence-corrected chi connectivity index (χ0v) is 19.2. The number of nitrogens with one attached hydrogen (secondary N) is 2. The van der Waals surface area contributed by atoms with Crippen molar-refractivity contribution in [3.8, 4) is 11.4 Å². The lowest BCUT2D eigenvalue weighted by Crippen LogP contribution is -2.45. The lowest BCUT2D eigenvalue weighted by molar-refractivity contribution is -0.152. The number of hydrogen-bond acceptors (Lipinski definition) is 5. The minimum absolute atomic E-state index is 0.0352. The number of fused-ring (bicyclic) bond motifs is 5. The third-order valence-corrected chi connectivity index (χ3v) is 7.89. The summed E-state index contributed by atoms with van der Waals surface area (Å²) >= 11 is 0. The molecule has 2 atom stereocenters. The molecule has 7 rings (SSSR count). The smallest absolute Gasteiger partial charge is 0.307 e. The molecule has 4 heterocycles. The summed E-state index contributed by atoms with van der Waals surface area (Å²) in [5, 5.41) is 17.8. The van der Waals surface area contributed by atoms with Crippen LogP contribution in [0.15, 0.2) is 30.6 Å². The van der Waals surface area contributed by atoms with Crippen LogP contribution in [0.3, 0.4) is 0 Å². The number of aromatic amines is 1. The van der Waals surface area contributed by atoms with Gasteiger partial charge in [-0.2, -0.15) is 0 Å². The van der Waals surface area contributed by atoms with Gasteiger partial charge in [0.15, 0.2) is 5.82 Å². The van der Waals surface area contributed by atoms with Crippen LogP contribution in [0.1, 0.15) is 41.9 Å². The Bertz CT molecular complexity index is 1470. The Morgan fingerprint density at radius 2 is 2.00 bits per heavy atom. The molecule has 3 fully saturated rings. The molecule has 0 unspecified atom stereocenters. The highest BCUT2D eigenvalue weighted by Crippen LogP contribution is 2.50. The number of aliphatic carboxylic acids is 1. The third-order valence-electron chi connectivity index (χ3n) is 7.89. The minimum atomic E-state index is -0.741. The molecule has 4 aromatic rings. The summed E-state index contributed by atoms with van der Waals surface area (Å²) in [4.78, 5) is 36.8. The number of halogens is 1. The number of carboxylic acids is 1. The Morgan fingerprint density at radius 3 is 2.74 bits per heavy atom. The van der Waals surface area contributed by atoms with E-state index in [4.69, 9.17) is 4.98 Å². The van der Waals surface area contributed by atoms with Crippen LogP contribution in [-0.2, 0) is 11.2 Å². The average Bonchev–Trinajstić information content (AvgIpc) is 3.48. The first-order valence-corrected chi connectivity index (χ1v) is 11.9. The molecule has 0 saturated heterocycles. The third kappa shape index (κ3) is 3.46. The highest BCUT2D eigenvalue weighted by molar-refractivity contribution is 5.94. The number of nitrogens with zero attached hydrogens (tertiary/aromatic N) is 4. The molecule has 3 N–H and O–H groups in total. The summed E-state index contributed by atoms with van der Waals surface area (Å²) in [7, 11) is 1.55. The first-order chi connectivity index (χ1) is 16.9. The summed E-state index contributed by atoms with van der Waals surface area (Å²) in [5.41, 5.74) is 2.76. The molecule has 180 valence electrons. The maximum Gasteiger partial charge on any atom is 0.307 e. The van der Waals surface area contributed by atoms with Gasteiger partial charge in [-0.3, -0.25) is 9.59 Å². The molecular weight excluding hydrogens is 451 g/mol. The zero-order valence-electron chi connectivity index (χ0n) is 19.2. The van der Waals surface area contributed by atoms with E-state index in [0.717, 1.165) is 31.9 Å². The van der Waals surface area contributed by atoms with Crippen molar-refractivity contribution in [3.05, 3.63) is 47.8 Å². The van der Waals surface area contributed by atoms with Crippen LogP contribution in [-0.4, -0.2) is 48.6 Å². The Labute approximate surface area is 199 Å². The quantitative estimate of drug-likeness (QED) is 0.405. The van der Waals surface area contributed by atoms with Crippen LogP contribution in [0, 0.1) is 29.5 Å². The van der Waals surface area contributed by atoms with Crippen molar-refractivity contribution in [2.45, 2.75) is 32.1 Å². The van der Waals surface area contributed by atoms with Gasteiger partial charge < -0.3 is 15.4 Å². The van der Waals surface area contributed by atoms with Crippen molar-refractivity contribution in [1.29, 1.82) is 0 Å². The van der Waals surface area contributed by atoms with Crippen LogP contribution in [0.25, 0.3) is 27.9 Å². The number of pyridine rings is 1. The average molecular weight is 477 g/mol. The maximum atomic E-state index is 14.0. The van der Waals surface area contributed by atoms with Gasteiger partial charge in [0.25, 0.3) is 5.91 Å². The number of carbonyl (C=O) groups is 2. The predicted molar refractivity (Wildman–Crippen MR) is 125 cm³/mol. The van der Waals surface area contributed by atoms with Gasteiger partial charge in [-0.25, -0.2) is 18.9 Å². The fourth-order valence-corrected chi connectivity index (χ4v) is 6.26. The number of amides is 1. The first-order valence-electron chi connectivity index (χ1n) is 11.9. The van der Waals surface area contributed by atoms with Gasteiger partial charge in [0, 0.05) is 24.2 Å². The van der Waals surface area contributed by atoms with E-state index in [1.54, 1.807) is 29.9 Å². The van der Waals surface area contributed by atoms with Crippen molar-refractivity contribution in [2.24, 2.45) is 23.7 Å². The molecule has 2 bridgehead atoms. The highest BCUT2D eigenvalue weighted by Gasteiger charge is 2.47. The van der Waals surface area contributed by atoms with Gasteiger partial charge in [-0.05, 0) is 68.1 Å². The number of H-pyrrole nitrogens is 1. The number of carboxylic acid groups (broad SMARTS) is 1. The maximum absolute atomic E-state index is 14.0. The fourth-order valence-electron chi connectivity index (χ4n) is 6.26. The van der Waals surface area contributed by atoms with Crippen molar-refractivity contribution in [1.82, 2.24) is 29.9 Å². The number of carbonyl (C=O) groups excluding carboxylic acids is 1. The van der Waals surface area contributed by atoms with E-state index >= 15 is 0 Å². The Kier molecular flexibility index (Phi) is 5.05. The molecule has 0 spiro atoms. The number of hydrogen-bond donors (Lipinski definition) is 3. The molecule has 3 aliphatic carbocycles. The fraction of sp³-hybridized carbons (Fsp3) is 0.400. The number of rotatable bonds is 5. The summed E-state index contributed by atoms with van der Waals surface area (Å²) in [5.74, 6) is -1.11. The SMILES string of the molecule is CNC(=O)c1ccc2c(C[C@H]3[C@H]4CC[C@H](CC4)[C@@H]3C(=O)O)nc(-c3c[nH]c4ncc(F)cc34)nn12. The van der Waals surface area contributed by atoms with Crippen LogP contribution >= 0.6 is 0 Å². The molecule has 1 amide bonds. The van der Waals surface area contributed by atoms with Crippen molar-refractivity contribution in [2.75, 3.05) is 7.05 Å². The molecule has 0 radical (unpaired) electrons. The molecule has 35 heavy (non-hydrogen) atoms. The largest absolute Gasteiger partial charge is 0.481 e. The predicted octanol–water partition coefficient (Wildman–Crippen LogP) is 3.45. The van der Waals surface area contributed by atoms with Crippen molar-refractivity contribution >= 4 is 28.4 Å². The van der Waals surface area contributed by atoms with E-state index in [2.05, 4.69) is 20.4 Å². The molecule has 3 saturated carbocycles. The zero-order chi connectivity index (χ0) is 24.3. The molecule has 9 nitrogen and oxygen atoms in total. The summed E-state index contributed by atoms with van der Waals surface area (Å²) in [6.45, 7) is 0. The Morgan fingerprint density at radius 1 is 1.23 bits per heavy atom. The van der Waals surface area contributed by atoms with Gasteiger partial charge >= 0.3 is 5.97 Å². The minimum Gasteiger partial charge on any atom is -0.481 e. The van der Waals surface area contributed by atoms with E-state index in [1.165, 1.54) is 6.07 Å². The van der Waals surface area contributed by atoms with E-state index in [1.807, 2.05) is 0 Å². The second-order valence-corrected chi connectivity index (χ2v) is 9.64. The summed E-state index contributed by atoms with van der Waals surface area (Å²) < 4.78 is 15.5. The second-order valence-electron chi connectivity index (χ2n) is 9.64. The lowest BCUT2D eigenvalue weighted by Gasteiger charge is -2.46. The van der Waals surface area contributed by atoms with Crippen molar-refractivity contribution < 1.29 is 19.1 Å². The summed E-state index contributed by atoms with van der Waals surface area (Å²) in [6, 6.07) is 4.86. The first kappa shape index (κ1) is 21.7. The van der Waals surface area contributed by atoms with Crippen LogP contribution in [0.5, 0.6) is 0 Å². The monoisotopic (exact) mass is 476 g/mol. The van der Waals surface area contributed by atoms with Gasteiger partial charge in [0.05, 0.1) is 23.3 Å². The van der Waals surface area contributed by atoms with E-state index in [-0.39, 0.29) is 17.7 Å². The van der Waals surface area contributed by atoms with Gasteiger partial charge in [0.1, 0.15) is 17.2 Å². The molecule has 3 aliphatic rings. The standard InChI is InChI=1S/C25H25FN6O3/c1-27-24(33)20-7-6-19-18(9-15-12-2-4-13(5-3-12)21(15)25(34)35)30-23(31-32(19)20)17-11-29-22-16(17)8-14(26)10-28-22/h6-8,10-13,15,21H,2-5,9H2,1H3,(H,27,33)(H,28,29)(H,34,35)/t12-,13+,15-,21-/m0/s1. The number of aromatic nitrogens is 5. The molecular formula is C25H25FN6O3. The van der Waals surface area contributed by atoms with Gasteiger partial charge in [0.2, 0.25) is 0 Å². The molecule has 0 aliphatic heterocycles. The van der Waals surface area contributed by atoms with Crippen LogP contribution in [0.2, 0.25) is 0 Å². The van der Waals surface area contributed by atoms with E-state index in [9.17, 15) is 19.1 Å². The van der Waals surface area contributed by atoms with Crippen LogP contribution in [0.4, 0.5) is 4.39 Å². The van der Waals surface area contributed by atoms with Crippen molar-refractivity contribution in [3.63, 3.8) is 0 Å². The Hall–Kier alpha value is -3.82. The van der Waals surface area contributed by atoms with Gasteiger partial charge in [-0.15, -0.1) is 5.10 Å². The highest BCUT2D eigenvalue weighted by atomic mass is 19.1. The normalized spacial score (nSPS) is 23.7. The molecule has 10 heteroatoms. The Balaban J connectivity index is 1.52. The molecule has 0 aromatic carbocycles. The van der Waals surface area contributed by atoms with E-state index < -0.39 is 17.7 Å². The lowest BCUT2D eigenvalue weighted by atomic mass is 9.57. The van der Waals surface area contributed by atoms with Gasteiger partial charge in [-0.1, -0.05) is 0 Å². The van der Waals surface area contributed by atoms with Crippen LogP contribution < -0.4 is 5.32 Å². The second kappa shape index (κ2) is 8.14. The van der Waals surface area contributed by atoms with E-state index in [0.29, 0.717) is 51.7 Å². The molecule has 4 aromatic heterocycles. The summed E-state index contributed by atoms with van der Waals surface area (Å²) in [6.07, 6.45) is 7.27. The topological polar surface area (TPSA) is 125 Å².